The zero-order chi connectivity index (χ0) is 13.5. The smallest absolute Gasteiger partial charge is 0.161 e. The molecule has 0 amide bonds. The predicted octanol–water partition coefficient (Wildman–Crippen LogP) is 5.34. The molecule has 20 heavy (non-hydrogen) atoms. The summed E-state index contributed by atoms with van der Waals surface area (Å²) in [4.78, 5) is 0. The highest BCUT2D eigenvalue weighted by atomic mass is 16.3. The number of aryl methyl sites for hydroxylation is 1. The molecule has 0 aliphatic rings. The van der Waals surface area contributed by atoms with Gasteiger partial charge in [0.1, 0.15) is 5.58 Å². The van der Waals surface area contributed by atoms with E-state index in [2.05, 4.69) is 47.9 Å². The molecule has 0 atom stereocenters. The van der Waals surface area contributed by atoms with Crippen molar-refractivity contribution in [2.75, 3.05) is 0 Å². The van der Waals surface area contributed by atoms with Gasteiger partial charge in [0.05, 0.1) is 11.0 Å². The summed E-state index contributed by atoms with van der Waals surface area (Å²) in [5, 5.41) is 2.43. The minimum absolute atomic E-state index is 0.980. The maximum Gasteiger partial charge on any atom is 0.161 e. The lowest BCUT2D eigenvalue weighted by atomic mass is 10.2. The average Bonchev–Trinajstić information content (AvgIpc) is 3.01. The molecule has 2 aromatic heterocycles. The van der Waals surface area contributed by atoms with Crippen LogP contribution in [0.5, 0.6) is 0 Å². The number of hydrogen-bond acceptors (Lipinski definition) is 1. The molecule has 0 unspecified atom stereocenters. The molecule has 0 fully saturated rings. The Balaban J connectivity index is 2.16. The summed E-state index contributed by atoms with van der Waals surface area (Å²) in [6, 6.07) is 16.8. The molecule has 2 nitrogen and oxygen atoms in total. The summed E-state index contributed by atoms with van der Waals surface area (Å²) in [6.45, 7) is 3.28. The van der Waals surface area contributed by atoms with Crippen molar-refractivity contribution in [2.45, 2.75) is 26.3 Å². The highest BCUT2D eigenvalue weighted by molar-refractivity contribution is 6.15. The second kappa shape index (κ2) is 4.41. The molecule has 0 saturated heterocycles. The van der Waals surface area contributed by atoms with Crippen LogP contribution in [0.1, 0.15) is 19.8 Å². The van der Waals surface area contributed by atoms with Crippen LogP contribution in [0.2, 0.25) is 0 Å². The summed E-state index contributed by atoms with van der Waals surface area (Å²) < 4.78 is 8.52. The van der Waals surface area contributed by atoms with Gasteiger partial charge < -0.3 is 8.98 Å². The number of hydrogen-bond donors (Lipinski definition) is 0. The first-order valence-electron chi connectivity index (χ1n) is 7.28. The van der Waals surface area contributed by atoms with Gasteiger partial charge in [-0.2, -0.15) is 0 Å². The minimum Gasteiger partial charge on any atom is -0.454 e. The third kappa shape index (κ3) is 1.51. The lowest BCUT2D eigenvalue weighted by Gasteiger charge is -2.05. The summed E-state index contributed by atoms with van der Waals surface area (Å²) in [6.07, 6.45) is 2.39. The van der Waals surface area contributed by atoms with Gasteiger partial charge in [0.2, 0.25) is 0 Å². The van der Waals surface area contributed by atoms with Gasteiger partial charge in [0.25, 0.3) is 0 Å². The van der Waals surface area contributed by atoms with E-state index in [0.717, 1.165) is 17.7 Å². The maximum absolute atomic E-state index is 6.11. The molecule has 2 aromatic carbocycles. The van der Waals surface area contributed by atoms with Gasteiger partial charge in [-0.1, -0.05) is 37.6 Å². The molecule has 0 aliphatic carbocycles. The Morgan fingerprint density at radius 2 is 1.70 bits per heavy atom. The molecule has 2 heteroatoms. The van der Waals surface area contributed by atoms with Crippen LogP contribution in [0.25, 0.3) is 33.0 Å². The van der Waals surface area contributed by atoms with E-state index < -0.39 is 0 Å². The quantitative estimate of drug-likeness (QED) is 0.488. The van der Waals surface area contributed by atoms with Crippen LogP contribution in [-0.2, 0) is 6.54 Å². The molecular weight excluding hydrogens is 246 g/mol. The Kier molecular flexibility index (Phi) is 2.56. The van der Waals surface area contributed by atoms with E-state index in [4.69, 9.17) is 4.42 Å². The Morgan fingerprint density at radius 3 is 2.55 bits per heavy atom. The van der Waals surface area contributed by atoms with Gasteiger partial charge in [-0.15, -0.1) is 0 Å². The largest absolute Gasteiger partial charge is 0.454 e. The van der Waals surface area contributed by atoms with Crippen molar-refractivity contribution in [1.29, 1.82) is 0 Å². The maximum atomic E-state index is 6.11. The molecule has 2 heterocycles. The summed E-state index contributed by atoms with van der Waals surface area (Å²) in [5.74, 6) is 0. The van der Waals surface area contributed by atoms with E-state index in [1.54, 1.807) is 0 Å². The van der Waals surface area contributed by atoms with Crippen molar-refractivity contribution in [2.24, 2.45) is 0 Å². The van der Waals surface area contributed by atoms with E-state index in [9.17, 15) is 0 Å². The van der Waals surface area contributed by atoms with Gasteiger partial charge in [-0.25, -0.2) is 0 Å². The lowest BCUT2D eigenvalue weighted by molar-refractivity contribution is 0.659. The van der Waals surface area contributed by atoms with Crippen LogP contribution in [0.15, 0.2) is 52.9 Å². The van der Waals surface area contributed by atoms with Crippen molar-refractivity contribution in [1.82, 2.24) is 4.57 Å². The number of fused-ring (bicyclic) bond motifs is 5. The fourth-order valence-electron chi connectivity index (χ4n) is 3.05. The van der Waals surface area contributed by atoms with Gasteiger partial charge in [0, 0.05) is 17.3 Å². The van der Waals surface area contributed by atoms with Gasteiger partial charge in [0.15, 0.2) is 5.58 Å². The first-order valence-corrected chi connectivity index (χ1v) is 7.28. The standard InChI is InChI=1S/C18H17NO/c1-2-3-12-19-15-10-6-4-8-13(15)18-17(19)14-9-5-7-11-16(14)20-18/h4-11H,2-3,12H2,1H3. The lowest BCUT2D eigenvalue weighted by Crippen LogP contribution is -1.96. The number of unbranched alkanes of at least 4 members (excludes halogenated alkanes) is 1. The Morgan fingerprint density at radius 1 is 0.950 bits per heavy atom. The number of nitrogens with zero attached hydrogens (tertiary/aromatic N) is 1. The Bertz CT molecular complexity index is 892. The van der Waals surface area contributed by atoms with Crippen molar-refractivity contribution in [3.63, 3.8) is 0 Å². The normalized spacial score (nSPS) is 11.8. The zero-order valence-corrected chi connectivity index (χ0v) is 11.6. The first-order chi connectivity index (χ1) is 9.90. The van der Waals surface area contributed by atoms with Gasteiger partial charge >= 0.3 is 0 Å². The average molecular weight is 263 g/mol. The highest BCUT2D eigenvalue weighted by Crippen LogP contribution is 2.36. The fourth-order valence-corrected chi connectivity index (χ4v) is 3.05. The fraction of sp³-hybridized carbons (Fsp3) is 0.222. The second-order valence-electron chi connectivity index (χ2n) is 5.30. The third-order valence-corrected chi connectivity index (χ3v) is 4.01. The van der Waals surface area contributed by atoms with E-state index in [1.807, 2.05) is 12.1 Å². The molecule has 0 aliphatic heterocycles. The van der Waals surface area contributed by atoms with Crippen LogP contribution in [0.3, 0.4) is 0 Å². The number of rotatable bonds is 3. The minimum atomic E-state index is 0.980. The third-order valence-electron chi connectivity index (χ3n) is 4.01. The van der Waals surface area contributed by atoms with Crippen LogP contribution < -0.4 is 0 Å². The molecule has 4 aromatic rings. The van der Waals surface area contributed by atoms with E-state index >= 15 is 0 Å². The zero-order valence-electron chi connectivity index (χ0n) is 11.6. The summed E-state index contributed by atoms with van der Waals surface area (Å²) in [7, 11) is 0. The van der Waals surface area contributed by atoms with Crippen molar-refractivity contribution < 1.29 is 4.42 Å². The molecule has 0 bridgehead atoms. The topological polar surface area (TPSA) is 18.1 Å². The first kappa shape index (κ1) is 11.6. The van der Waals surface area contributed by atoms with E-state index in [0.29, 0.717) is 0 Å². The molecule has 4 rings (SSSR count). The van der Waals surface area contributed by atoms with E-state index in [-0.39, 0.29) is 0 Å². The molecule has 0 radical (unpaired) electrons. The van der Waals surface area contributed by atoms with Crippen molar-refractivity contribution in [3.05, 3.63) is 48.5 Å². The highest BCUT2D eigenvalue weighted by Gasteiger charge is 2.16. The molecular formula is C18H17NO. The van der Waals surface area contributed by atoms with Crippen LogP contribution >= 0.6 is 0 Å². The molecule has 0 N–H and O–H groups in total. The van der Waals surface area contributed by atoms with Gasteiger partial charge in [-0.3, -0.25) is 0 Å². The SMILES string of the molecule is CCCCn1c2ccccc2c2oc3ccccc3c21. The number of benzene rings is 2. The van der Waals surface area contributed by atoms with Crippen LogP contribution in [0, 0.1) is 0 Å². The summed E-state index contributed by atoms with van der Waals surface area (Å²) in [5.41, 5.74) is 4.53. The molecule has 100 valence electrons. The Labute approximate surface area is 117 Å². The van der Waals surface area contributed by atoms with E-state index in [1.165, 1.54) is 34.6 Å². The van der Waals surface area contributed by atoms with Crippen molar-refractivity contribution >= 4 is 33.0 Å². The monoisotopic (exact) mass is 263 g/mol. The van der Waals surface area contributed by atoms with Crippen LogP contribution in [-0.4, -0.2) is 4.57 Å². The molecule has 0 spiro atoms. The van der Waals surface area contributed by atoms with Crippen molar-refractivity contribution in [3.8, 4) is 0 Å². The van der Waals surface area contributed by atoms with Gasteiger partial charge in [-0.05, 0) is 30.7 Å². The number of aromatic nitrogens is 1. The molecule has 0 saturated carbocycles. The number of para-hydroxylation sites is 2. The van der Waals surface area contributed by atoms with Crippen LogP contribution in [0.4, 0.5) is 0 Å². The Hall–Kier alpha value is -2.22. The second-order valence-corrected chi connectivity index (χ2v) is 5.30. The summed E-state index contributed by atoms with van der Waals surface area (Å²) >= 11 is 0. The predicted molar refractivity (Wildman–Crippen MR) is 84.1 cm³/mol. The number of furan rings is 1.